The lowest BCUT2D eigenvalue weighted by molar-refractivity contribution is 0.580. The molecule has 2 aromatic heterocycles. The molecule has 106 valence electrons. The molecule has 0 aromatic carbocycles. The molecule has 0 saturated carbocycles. The molecule has 0 fully saturated rings. The first-order valence-electron chi connectivity index (χ1n) is 5.61. The average molecular weight is 377 g/mol. The first-order valence-corrected chi connectivity index (χ1v) is 8.27. The van der Waals surface area contributed by atoms with E-state index >= 15 is 0 Å². The maximum atomic E-state index is 12.2. The Hall–Kier alpha value is -1.02. The zero-order chi connectivity index (χ0) is 14.8. The van der Waals surface area contributed by atoms with Crippen molar-refractivity contribution in [1.29, 1.82) is 0 Å². The van der Waals surface area contributed by atoms with Crippen molar-refractivity contribution < 1.29 is 8.42 Å². The van der Waals surface area contributed by atoms with E-state index in [0.29, 0.717) is 10.2 Å². The number of rotatable bonds is 4. The van der Waals surface area contributed by atoms with Crippen LogP contribution in [0.3, 0.4) is 0 Å². The summed E-state index contributed by atoms with van der Waals surface area (Å²) >= 11 is 9.00. The monoisotopic (exact) mass is 375 g/mol. The van der Waals surface area contributed by atoms with Crippen LogP contribution in [-0.4, -0.2) is 18.4 Å². The van der Waals surface area contributed by atoms with Crippen molar-refractivity contribution in [2.24, 2.45) is 0 Å². The number of aryl methyl sites for hydroxylation is 1. The first kappa shape index (κ1) is 15.4. The van der Waals surface area contributed by atoms with E-state index in [1.54, 1.807) is 12.3 Å². The second-order valence-electron chi connectivity index (χ2n) is 4.03. The molecule has 0 aliphatic rings. The molecular weight excluding hydrogens is 366 g/mol. The molecule has 0 saturated heterocycles. The van der Waals surface area contributed by atoms with Gasteiger partial charge >= 0.3 is 0 Å². The van der Waals surface area contributed by atoms with E-state index in [-0.39, 0.29) is 16.6 Å². The number of halogens is 2. The molecule has 0 bridgehead atoms. The van der Waals surface area contributed by atoms with Gasteiger partial charge in [0, 0.05) is 16.9 Å². The van der Waals surface area contributed by atoms with Crippen LogP contribution in [0.25, 0.3) is 0 Å². The van der Waals surface area contributed by atoms with E-state index in [0.717, 1.165) is 5.56 Å². The van der Waals surface area contributed by atoms with Gasteiger partial charge in [0.1, 0.15) is 10.0 Å². The van der Waals surface area contributed by atoms with Crippen molar-refractivity contribution in [3.8, 4) is 0 Å². The molecule has 20 heavy (non-hydrogen) atoms. The third kappa shape index (κ3) is 3.54. The van der Waals surface area contributed by atoms with Crippen LogP contribution in [0, 0.1) is 6.92 Å². The Kier molecular flexibility index (Phi) is 4.74. The Balaban J connectivity index is 2.24. The maximum absolute atomic E-state index is 12.2. The van der Waals surface area contributed by atoms with Crippen molar-refractivity contribution in [2.45, 2.75) is 18.4 Å². The highest BCUT2D eigenvalue weighted by molar-refractivity contribution is 9.10. The van der Waals surface area contributed by atoms with Crippen molar-refractivity contribution in [1.82, 2.24) is 14.7 Å². The fourth-order valence-electron chi connectivity index (χ4n) is 1.54. The number of hydrogen-bond acceptors (Lipinski definition) is 4. The van der Waals surface area contributed by atoms with Gasteiger partial charge < -0.3 is 0 Å². The van der Waals surface area contributed by atoms with Crippen molar-refractivity contribution in [2.75, 3.05) is 0 Å². The topological polar surface area (TPSA) is 72.0 Å². The van der Waals surface area contributed by atoms with Gasteiger partial charge in [0.25, 0.3) is 0 Å². The molecule has 2 aromatic rings. The van der Waals surface area contributed by atoms with E-state index < -0.39 is 10.0 Å². The third-order valence-electron chi connectivity index (χ3n) is 2.61. The SMILES string of the molecule is Cc1cccnc1CNS(=O)(=O)c1cc(Br)cnc1Cl. The van der Waals surface area contributed by atoms with Gasteiger partial charge in [-0.3, -0.25) is 4.98 Å². The van der Waals surface area contributed by atoms with Crippen LogP contribution in [0.2, 0.25) is 5.15 Å². The largest absolute Gasteiger partial charge is 0.260 e. The van der Waals surface area contributed by atoms with Gasteiger partial charge in [-0.15, -0.1) is 0 Å². The molecule has 0 atom stereocenters. The minimum Gasteiger partial charge on any atom is -0.260 e. The lowest BCUT2D eigenvalue weighted by Crippen LogP contribution is -2.24. The van der Waals surface area contributed by atoms with Crippen LogP contribution in [0.4, 0.5) is 0 Å². The number of sulfonamides is 1. The molecule has 0 aliphatic carbocycles. The summed E-state index contributed by atoms with van der Waals surface area (Å²) < 4.78 is 27.4. The van der Waals surface area contributed by atoms with Gasteiger partial charge in [-0.25, -0.2) is 18.1 Å². The van der Waals surface area contributed by atoms with E-state index in [9.17, 15) is 8.42 Å². The van der Waals surface area contributed by atoms with Crippen LogP contribution >= 0.6 is 27.5 Å². The molecule has 2 heterocycles. The molecule has 2 rings (SSSR count). The fourth-order valence-corrected chi connectivity index (χ4v) is 3.47. The molecule has 8 heteroatoms. The van der Waals surface area contributed by atoms with Crippen LogP contribution in [0.5, 0.6) is 0 Å². The zero-order valence-corrected chi connectivity index (χ0v) is 13.6. The molecule has 0 spiro atoms. The summed E-state index contributed by atoms with van der Waals surface area (Å²) in [6.45, 7) is 1.96. The second kappa shape index (κ2) is 6.17. The van der Waals surface area contributed by atoms with Crippen molar-refractivity contribution >= 4 is 37.6 Å². The maximum Gasteiger partial charge on any atom is 0.244 e. The summed E-state index contributed by atoms with van der Waals surface area (Å²) in [6, 6.07) is 5.07. The predicted octanol–water partition coefficient (Wildman–Crippen LogP) is 2.68. The average Bonchev–Trinajstić information content (AvgIpc) is 2.40. The lowest BCUT2D eigenvalue weighted by atomic mass is 10.2. The Bertz CT molecular complexity index is 737. The second-order valence-corrected chi connectivity index (χ2v) is 7.04. The minimum absolute atomic E-state index is 0.0675. The van der Waals surface area contributed by atoms with Crippen LogP contribution in [0.15, 0.2) is 40.0 Å². The fraction of sp³-hybridized carbons (Fsp3) is 0.167. The number of hydrogen-bond donors (Lipinski definition) is 1. The highest BCUT2D eigenvalue weighted by Crippen LogP contribution is 2.22. The van der Waals surface area contributed by atoms with Gasteiger partial charge in [-0.05, 0) is 40.5 Å². The molecule has 0 amide bonds. The Labute approximate surface area is 130 Å². The summed E-state index contributed by atoms with van der Waals surface area (Å²) in [7, 11) is -3.74. The smallest absolute Gasteiger partial charge is 0.244 e. The quantitative estimate of drug-likeness (QED) is 0.833. The summed E-state index contributed by atoms with van der Waals surface area (Å²) in [4.78, 5) is 7.86. The Morgan fingerprint density at radius 3 is 2.85 bits per heavy atom. The summed E-state index contributed by atoms with van der Waals surface area (Å²) in [5, 5.41) is -0.0709. The first-order chi connectivity index (χ1) is 9.40. The number of aromatic nitrogens is 2. The van der Waals surface area contributed by atoms with Crippen molar-refractivity contribution in [3.63, 3.8) is 0 Å². The molecule has 0 aliphatic heterocycles. The highest BCUT2D eigenvalue weighted by Gasteiger charge is 2.19. The van der Waals surface area contributed by atoms with Gasteiger partial charge in [0.15, 0.2) is 0 Å². The van der Waals surface area contributed by atoms with E-state index in [1.165, 1.54) is 12.3 Å². The number of nitrogens with zero attached hydrogens (tertiary/aromatic N) is 2. The lowest BCUT2D eigenvalue weighted by Gasteiger charge is -2.09. The standard InChI is InChI=1S/C12H11BrClN3O2S/c1-8-3-2-4-15-10(8)7-17-20(18,19)11-5-9(13)6-16-12(11)14/h2-6,17H,7H2,1H3. The molecule has 1 N–H and O–H groups in total. The molecule has 0 unspecified atom stereocenters. The Morgan fingerprint density at radius 2 is 2.15 bits per heavy atom. The van der Waals surface area contributed by atoms with Crippen molar-refractivity contribution in [3.05, 3.63) is 51.5 Å². The predicted molar refractivity (Wildman–Crippen MR) is 79.9 cm³/mol. The summed E-state index contributed by atoms with van der Waals surface area (Å²) in [5.41, 5.74) is 1.57. The van der Waals surface area contributed by atoms with Gasteiger partial charge in [0.2, 0.25) is 10.0 Å². The molecule has 5 nitrogen and oxygen atoms in total. The van der Waals surface area contributed by atoms with Gasteiger partial charge in [-0.1, -0.05) is 17.7 Å². The van der Waals surface area contributed by atoms with Crippen LogP contribution in [-0.2, 0) is 16.6 Å². The summed E-state index contributed by atoms with van der Waals surface area (Å²) in [5.74, 6) is 0. The normalized spacial score (nSPS) is 11.6. The van der Waals surface area contributed by atoms with E-state index in [4.69, 9.17) is 11.6 Å². The van der Waals surface area contributed by atoms with E-state index in [2.05, 4.69) is 30.6 Å². The van der Waals surface area contributed by atoms with Gasteiger partial charge in [-0.2, -0.15) is 0 Å². The third-order valence-corrected chi connectivity index (χ3v) is 4.87. The number of nitrogens with one attached hydrogen (secondary N) is 1. The van der Waals surface area contributed by atoms with Gasteiger partial charge in [0.05, 0.1) is 12.2 Å². The Morgan fingerprint density at radius 1 is 1.40 bits per heavy atom. The highest BCUT2D eigenvalue weighted by atomic mass is 79.9. The van der Waals surface area contributed by atoms with E-state index in [1.807, 2.05) is 13.0 Å². The zero-order valence-electron chi connectivity index (χ0n) is 10.5. The molecule has 0 radical (unpaired) electrons. The summed E-state index contributed by atoms with van der Waals surface area (Å²) in [6.07, 6.45) is 3.05. The van der Waals surface area contributed by atoms with Crippen LogP contribution in [0.1, 0.15) is 11.3 Å². The number of pyridine rings is 2. The molecular formula is C12H11BrClN3O2S. The van der Waals surface area contributed by atoms with Crippen LogP contribution < -0.4 is 4.72 Å². The minimum atomic E-state index is -3.74.